The number of nitrogens with one attached hydrogen (secondary N) is 1. The smallest absolute Gasteiger partial charge is 0.145 e. The fourth-order valence-corrected chi connectivity index (χ4v) is 1.48. The number of nitrogen functional groups attached to an aromatic ring is 1. The van der Waals surface area contributed by atoms with Crippen molar-refractivity contribution in [3.8, 4) is 0 Å². The van der Waals surface area contributed by atoms with Gasteiger partial charge in [0.2, 0.25) is 0 Å². The number of hydrazine groups is 1. The highest BCUT2D eigenvalue weighted by atomic mass is 16.3. The molecule has 1 heterocycles. The van der Waals surface area contributed by atoms with E-state index in [1.165, 1.54) is 0 Å². The molecule has 0 atom stereocenters. The number of rotatable bonds is 6. The Kier molecular flexibility index (Phi) is 4.94. The van der Waals surface area contributed by atoms with Gasteiger partial charge in [-0.25, -0.2) is 15.8 Å². The van der Waals surface area contributed by atoms with Gasteiger partial charge in [-0.1, -0.05) is 0 Å². The fourth-order valence-electron chi connectivity index (χ4n) is 1.48. The SMILES string of the molecule is CCN(CCCO)c1cc(NN)nc(C)n1. The number of anilines is 2. The molecule has 0 spiro atoms. The summed E-state index contributed by atoms with van der Waals surface area (Å²) in [6.45, 7) is 5.66. The summed E-state index contributed by atoms with van der Waals surface area (Å²) in [6.07, 6.45) is 0.724. The number of nitrogens with two attached hydrogens (primary N) is 1. The van der Waals surface area contributed by atoms with E-state index in [1.54, 1.807) is 6.07 Å². The molecular weight excluding hydrogens is 206 g/mol. The van der Waals surface area contributed by atoms with Crippen LogP contribution in [0.3, 0.4) is 0 Å². The van der Waals surface area contributed by atoms with Crippen molar-refractivity contribution in [1.82, 2.24) is 9.97 Å². The van der Waals surface area contributed by atoms with Crippen molar-refractivity contribution in [2.45, 2.75) is 20.3 Å². The summed E-state index contributed by atoms with van der Waals surface area (Å²) in [7, 11) is 0. The van der Waals surface area contributed by atoms with Crippen molar-refractivity contribution >= 4 is 11.6 Å². The maximum Gasteiger partial charge on any atom is 0.145 e. The molecule has 0 aliphatic carbocycles. The third kappa shape index (κ3) is 3.32. The van der Waals surface area contributed by atoms with Gasteiger partial charge in [-0.05, 0) is 20.3 Å². The highest BCUT2D eigenvalue weighted by Crippen LogP contribution is 2.15. The molecule has 0 aromatic carbocycles. The highest BCUT2D eigenvalue weighted by molar-refractivity contribution is 5.48. The Morgan fingerprint density at radius 3 is 2.81 bits per heavy atom. The number of nitrogens with zero attached hydrogens (tertiary/aromatic N) is 3. The maximum atomic E-state index is 8.82. The predicted molar refractivity (Wildman–Crippen MR) is 64.2 cm³/mol. The van der Waals surface area contributed by atoms with E-state index in [1.807, 2.05) is 13.8 Å². The summed E-state index contributed by atoms with van der Waals surface area (Å²) in [6, 6.07) is 1.80. The largest absolute Gasteiger partial charge is 0.396 e. The molecule has 1 aromatic heterocycles. The van der Waals surface area contributed by atoms with Crippen LogP contribution >= 0.6 is 0 Å². The minimum absolute atomic E-state index is 0.183. The second-order valence-corrected chi connectivity index (χ2v) is 3.46. The molecule has 90 valence electrons. The van der Waals surface area contributed by atoms with Crippen molar-refractivity contribution < 1.29 is 5.11 Å². The molecular formula is C10H19N5O. The minimum Gasteiger partial charge on any atom is -0.396 e. The number of hydrogen-bond donors (Lipinski definition) is 3. The molecule has 6 heteroatoms. The molecule has 0 amide bonds. The normalized spacial score (nSPS) is 10.2. The van der Waals surface area contributed by atoms with Crippen molar-refractivity contribution in [2.24, 2.45) is 5.84 Å². The van der Waals surface area contributed by atoms with Crippen LogP contribution in [-0.4, -0.2) is 34.8 Å². The Morgan fingerprint density at radius 1 is 1.50 bits per heavy atom. The molecule has 0 unspecified atom stereocenters. The van der Waals surface area contributed by atoms with Crippen LogP contribution in [0.4, 0.5) is 11.6 Å². The molecule has 0 radical (unpaired) electrons. The topological polar surface area (TPSA) is 87.3 Å². The second kappa shape index (κ2) is 6.24. The number of hydrogen-bond acceptors (Lipinski definition) is 6. The fraction of sp³-hybridized carbons (Fsp3) is 0.600. The molecule has 0 saturated carbocycles. The molecule has 0 bridgehead atoms. The van der Waals surface area contributed by atoms with Gasteiger partial charge in [0.1, 0.15) is 17.5 Å². The Bertz CT molecular complexity index is 331. The van der Waals surface area contributed by atoms with Crippen molar-refractivity contribution in [1.29, 1.82) is 0 Å². The van der Waals surface area contributed by atoms with Gasteiger partial charge in [-0.15, -0.1) is 0 Å². The zero-order valence-electron chi connectivity index (χ0n) is 9.77. The quantitative estimate of drug-likeness (QED) is 0.476. The van der Waals surface area contributed by atoms with Crippen molar-refractivity contribution in [3.05, 3.63) is 11.9 Å². The molecule has 0 saturated heterocycles. The van der Waals surface area contributed by atoms with E-state index in [-0.39, 0.29) is 6.61 Å². The van der Waals surface area contributed by atoms with E-state index in [4.69, 9.17) is 10.9 Å². The first-order valence-corrected chi connectivity index (χ1v) is 5.39. The zero-order valence-corrected chi connectivity index (χ0v) is 9.77. The monoisotopic (exact) mass is 225 g/mol. The summed E-state index contributed by atoms with van der Waals surface area (Å²) in [5.41, 5.74) is 2.52. The first kappa shape index (κ1) is 12.7. The Labute approximate surface area is 95.5 Å². The number of aryl methyl sites for hydroxylation is 1. The average molecular weight is 225 g/mol. The van der Waals surface area contributed by atoms with Crippen LogP contribution in [0, 0.1) is 6.92 Å². The molecule has 1 aromatic rings. The Morgan fingerprint density at radius 2 is 2.25 bits per heavy atom. The lowest BCUT2D eigenvalue weighted by Gasteiger charge is -2.22. The third-order valence-electron chi connectivity index (χ3n) is 2.26. The van der Waals surface area contributed by atoms with E-state index in [9.17, 15) is 0 Å². The lowest BCUT2D eigenvalue weighted by Crippen LogP contribution is -2.26. The van der Waals surface area contributed by atoms with Gasteiger partial charge in [-0.2, -0.15) is 0 Å². The predicted octanol–water partition coefficient (Wildman–Crippen LogP) is 0.279. The lowest BCUT2D eigenvalue weighted by molar-refractivity contribution is 0.289. The van der Waals surface area contributed by atoms with Crippen molar-refractivity contribution in [3.63, 3.8) is 0 Å². The van der Waals surface area contributed by atoms with E-state index in [0.717, 1.165) is 25.3 Å². The Balaban J connectivity index is 2.86. The summed E-state index contributed by atoms with van der Waals surface area (Å²) in [5, 5.41) is 8.82. The Hall–Kier alpha value is -1.40. The molecule has 0 fully saturated rings. The van der Waals surface area contributed by atoms with Gasteiger partial charge in [0.05, 0.1) is 0 Å². The van der Waals surface area contributed by atoms with Crippen LogP contribution in [0.15, 0.2) is 6.07 Å². The van der Waals surface area contributed by atoms with Crippen LogP contribution in [-0.2, 0) is 0 Å². The van der Waals surface area contributed by atoms with Gasteiger partial charge in [0.15, 0.2) is 0 Å². The van der Waals surface area contributed by atoms with Crippen LogP contribution in [0.2, 0.25) is 0 Å². The standard InChI is InChI=1S/C10H19N5O/c1-3-15(5-4-6-16)10-7-9(14-11)12-8(2)13-10/h7,16H,3-6,11H2,1-2H3,(H,12,13,14). The molecule has 16 heavy (non-hydrogen) atoms. The van der Waals surface area contributed by atoms with Gasteiger partial charge in [0.25, 0.3) is 0 Å². The van der Waals surface area contributed by atoms with Gasteiger partial charge < -0.3 is 15.4 Å². The molecule has 4 N–H and O–H groups in total. The molecule has 0 aliphatic rings. The van der Waals surface area contributed by atoms with E-state index >= 15 is 0 Å². The van der Waals surface area contributed by atoms with E-state index < -0.39 is 0 Å². The van der Waals surface area contributed by atoms with E-state index in [0.29, 0.717) is 11.6 Å². The summed E-state index contributed by atoms with van der Waals surface area (Å²) >= 11 is 0. The van der Waals surface area contributed by atoms with Crippen LogP contribution in [0.5, 0.6) is 0 Å². The first-order chi connectivity index (χ1) is 7.71. The molecule has 0 aliphatic heterocycles. The first-order valence-electron chi connectivity index (χ1n) is 5.39. The molecule has 1 rings (SSSR count). The summed E-state index contributed by atoms with van der Waals surface area (Å²) < 4.78 is 0. The van der Waals surface area contributed by atoms with Crippen molar-refractivity contribution in [2.75, 3.05) is 30.0 Å². The van der Waals surface area contributed by atoms with Gasteiger partial charge in [-0.3, -0.25) is 0 Å². The second-order valence-electron chi connectivity index (χ2n) is 3.46. The highest BCUT2D eigenvalue weighted by Gasteiger charge is 2.07. The average Bonchev–Trinajstić information content (AvgIpc) is 2.29. The maximum absolute atomic E-state index is 8.82. The van der Waals surface area contributed by atoms with Gasteiger partial charge >= 0.3 is 0 Å². The van der Waals surface area contributed by atoms with Crippen LogP contribution in [0.1, 0.15) is 19.2 Å². The summed E-state index contributed by atoms with van der Waals surface area (Å²) in [5.74, 6) is 7.44. The van der Waals surface area contributed by atoms with Crippen LogP contribution in [0.25, 0.3) is 0 Å². The zero-order chi connectivity index (χ0) is 12.0. The molecule has 6 nitrogen and oxygen atoms in total. The van der Waals surface area contributed by atoms with Gasteiger partial charge in [0, 0.05) is 25.8 Å². The third-order valence-corrected chi connectivity index (χ3v) is 2.26. The number of aromatic nitrogens is 2. The van der Waals surface area contributed by atoms with E-state index in [2.05, 4.69) is 20.3 Å². The number of aliphatic hydroxyl groups is 1. The lowest BCUT2D eigenvalue weighted by atomic mass is 10.3. The minimum atomic E-state index is 0.183. The number of aliphatic hydroxyl groups excluding tert-OH is 1. The summed E-state index contributed by atoms with van der Waals surface area (Å²) in [4.78, 5) is 10.5. The van der Waals surface area contributed by atoms with Crippen LogP contribution < -0.4 is 16.2 Å².